The monoisotopic (exact) mass is 299 g/mol. The molecular weight excluding hydrogens is 274 g/mol. The zero-order chi connectivity index (χ0) is 14.6. The van der Waals surface area contributed by atoms with Crippen molar-refractivity contribution in [3.63, 3.8) is 0 Å². The molecule has 1 aromatic rings. The molecule has 0 spiro atoms. The predicted octanol–water partition coefficient (Wildman–Crippen LogP) is 2.65. The first-order valence-corrected chi connectivity index (χ1v) is 8.55. The summed E-state index contributed by atoms with van der Waals surface area (Å²) in [6.07, 6.45) is 5.35. The standard InChI is InChI=1S/C13H25N5OS/c1-4-9-19-13-17-11(14-5-2)16-12(18-13)15-8-6-7-10-20-3/h4-10H2,1-3H3,(H2,14,15,16,17,18). The van der Waals surface area contributed by atoms with Gasteiger partial charge in [0, 0.05) is 13.1 Å². The van der Waals surface area contributed by atoms with E-state index >= 15 is 0 Å². The molecule has 20 heavy (non-hydrogen) atoms. The smallest absolute Gasteiger partial charge is 0.323 e. The first-order chi connectivity index (χ1) is 9.80. The molecule has 0 bridgehead atoms. The van der Waals surface area contributed by atoms with Gasteiger partial charge in [0.2, 0.25) is 11.9 Å². The SMILES string of the molecule is CCCOc1nc(NCC)nc(NCCCCSC)n1. The molecule has 0 aliphatic heterocycles. The van der Waals surface area contributed by atoms with E-state index < -0.39 is 0 Å². The second-order valence-corrected chi connectivity index (χ2v) is 5.26. The summed E-state index contributed by atoms with van der Waals surface area (Å²) in [5.74, 6) is 2.32. The summed E-state index contributed by atoms with van der Waals surface area (Å²) in [4.78, 5) is 12.8. The second-order valence-electron chi connectivity index (χ2n) is 4.27. The first-order valence-electron chi connectivity index (χ1n) is 7.15. The third-order valence-corrected chi connectivity index (χ3v) is 3.14. The summed E-state index contributed by atoms with van der Waals surface area (Å²) in [6.45, 7) is 6.31. The van der Waals surface area contributed by atoms with Crippen molar-refractivity contribution in [1.29, 1.82) is 0 Å². The molecule has 0 aliphatic rings. The van der Waals surface area contributed by atoms with Gasteiger partial charge < -0.3 is 15.4 Å². The molecule has 0 radical (unpaired) electrons. The van der Waals surface area contributed by atoms with Gasteiger partial charge in [0.25, 0.3) is 0 Å². The summed E-state index contributed by atoms with van der Waals surface area (Å²) in [5.41, 5.74) is 0. The van der Waals surface area contributed by atoms with Gasteiger partial charge >= 0.3 is 6.01 Å². The van der Waals surface area contributed by atoms with Gasteiger partial charge in [-0.3, -0.25) is 0 Å². The zero-order valence-electron chi connectivity index (χ0n) is 12.6. The lowest BCUT2D eigenvalue weighted by Crippen LogP contribution is -2.12. The minimum absolute atomic E-state index is 0.379. The number of nitrogens with zero attached hydrogens (tertiary/aromatic N) is 3. The van der Waals surface area contributed by atoms with E-state index in [1.165, 1.54) is 12.2 Å². The van der Waals surface area contributed by atoms with Crippen LogP contribution in [0, 0.1) is 0 Å². The van der Waals surface area contributed by atoms with E-state index in [2.05, 4.69) is 38.8 Å². The maximum atomic E-state index is 5.48. The van der Waals surface area contributed by atoms with Crippen molar-refractivity contribution in [2.24, 2.45) is 0 Å². The Balaban J connectivity index is 2.55. The minimum Gasteiger partial charge on any atom is -0.463 e. The molecule has 0 atom stereocenters. The van der Waals surface area contributed by atoms with E-state index in [0.717, 1.165) is 25.9 Å². The number of rotatable bonds is 11. The molecule has 114 valence electrons. The topological polar surface area (TPSA) is 72.0 Å². The fourth-order valence-electron chi connectivity index (χ4n) is 1.50. The molecule has 0 saturated carbocycles. The number of aromatic nitrogens is 3. The van der Waals surface area contributed by atoms with Crippen LogP contribution < -0.4 is 15.4 Å². The molecule has 0 aromatic carbocycles. The van der Waals surface area contributed by atoms with Gasteiger partial charge in [0.1, 0.15) is 0 Å². The van der Waals surface area contributed by atoms with Gasteiger partial charge in [-0.15, -0.1) is 0 Å². The van der Waals surface area contributed by atoms with Crippen LogP contribution in [0.2, 0.25) is 0 Å². The molecule has 1 rings (SSSR count). The highest BCUT2D eigenvalue weighted by atomic mass is 32.2. The van der Waals surface area contributed by atoms with Crippen LogP contribution in [0.15, 0.2) is 0 Å². The van der Waals surface area contributed by atoms with Crippen molar-refractivity contribution in [3.8, 4) is 6.01 Å². The van der Waals surface area contributed by atoms with Crippen LogP contribution in [0.3, 0.4) is 0 Å². The molecule has 0 fully saturated rings. The van der Waals surface area contributed by atoms with Gasteiger partial charge in [-0.25, -0.2) is 0 Å². The molecule has 7 heteroatoms. The van der Waals surface area contributed by atoms with Gasteiger partial charge in [0.15, 0.2) is 0 Å². The highest BCUT2D eigenvalue weighted by Crippen LogP contribution is 2.11. The number of nitrogens with one attached hydrogen (secondary N) is 2. The van der Waals surface area contributed by atoms with E-state index in [4.69, 9.17) is 4.74 Å². The Morgan fingerprint density at radius 2 is 1.80 bits per heavy atom. The van der Waals surface area contributed by atoms with Crippen LogP contribution in [0.1, 0.15) is 33.1 Å². The van der Waals surface area contributed by atoms with Crippen molar-refractivity contribution in [2.75, 3.05) is 42.3 Å². The van der Waals surface area contributed by atoms with E-state index in [9.17, 15) is 0 Å². The van der Waals surface area contributed by atoms with Crippen molar-refractivity contribution >= 4 is 23.7 Å². The third kappa shape index (κ3) is 6.79. The predicted molar refractivity (Wildman–Crippen MR) is 85.9 cm³/mol. The average molecular weight is 299 g/mol. The fourth-order valence-corrected chi connectivity index (χ4v) is 2.00. The molecule has 0 amide bonds. The molecule has 0 saturated heterocycles. The minimum atomic E-state index is 0.379. The van der Waals surface area contributed by atoms with Crippen LogP contribution in [0.4, 0.5) is 11.9 Å². The number of ether oxygens (including phenoxy) is 1. The van der Waals surface area contributed by atoms with Crippen molar-refractivity contribution in [2.45, 2.75) is 33.1 Å². The highest BCUT2D eigenvalue weighted by Gasteiger charge is 2.06. The van der Waals surface area contributed by atoms with Gasteiger partial charge in [-0.05, 0) is 38.2 Å². The van der Waals surface area contributed by atoms with Crippen LogP contribution >= 0.6 is 11.8 Å². The lowest BCUT2D eigenvalue weighted by atomic mass is 10.3. The van der Waals surface area contributed by atoms with Crippen molar-refractivity contribution in [3.05, 3.63) is 0 Å². The number of unbranched alkanes of at least 4 members (excludes halogenated alkanes) is 1. The fraction of sp³-hybridized carbons (Fsp3) is 0.769. The Morgan fingerprint density at radius 3 is 2.45 bits per heavy atom. The third-order valence-electron chi connectivity index (χ3n) is 2.44. The first kappa shape index (κ1) is 16.8. The second kappa shape index (κ2) is 10.5. The Hall–Kier alpha value is -1.24. The molecule has 2 N–H and O–H groups in total. The molecule has 6 nitrogen and oxygen atoms in total. The molecule has 1 aromatic heterocycles. The molecule has 0 aliphatic carbocycles. The molecule has 0 unspecified atom stereocenters. The van der Waals surface area contributed by atoms with E-state index in [1.54, 1.807) is 0 Å². The summed E-state index contributed by atoms with van der Waals surface area (Å²) >= 11 is 1.87. The Labute approximate surface area is 125 Å². The van der Waals surface area contributed by atoms with Gasteiger partial charge in [0.05, 0.1) is 6.61 Å². The lowest BCUT2D eigenvalue weighted by molar-refractivity contribution is 0.292. The Kier molecular flexibility index (Phi) is 8.86. The van der Waals surface area contributed by atoms with Gasteiger partial charge in [-0.2, -0.15) is 26.7 Å². The Morgan fingerprint density at radius 1 is 1.05 bits per heavy atom. The summed E-state index contributed by atoms with van der Waals surface area (Å²) in [7, 11) is 0. The number of thioether (sulfide) groups is 1. The average Bonchev–Trinajstić information content (AvgIpc) is 2.45. The van der Waals surface area contributed by atoms with Crippen LogP contribution in [-0.4, -0.2) is 46.7 Å². The number of hydrogen-bond donors (Lipinski definition) is 2. The van der Waals surface area contributed by atoms with E-state index in [-0.39, 0.29) is 0 Å². The van der Waals surface area contributed by atoms with Gasteiger partial charge in [-0.1, -0.05) is 6.92 Å². The lowest BCUT2D eigenvalue weighted by Gasteiger charge is -2.09. The summed E-state index contributed by atoms with van der Waals surface area (Å²) in [6, 6.07) is 0.379. The van der Waals surface area contributed by atoms with Crippen molar-refractivity contribution < 1.29 is 4.74 Å². The van der Waals surface area contributed by atoms with E-state index in [1.807, 2.05) is 18.7 Å². The molecular formula is C13H25N5OS. The maximum absolute atomic E-state index is 5.48. The Bertz CT molecular complexity index is 378. The van der Waals surface area contributed by atoms with Crippen LogP contribution in [-0.2, 0) is 0 Å². The summed E-state index contributed by atoms with van der Waals surface area (Å²) < 4.78 is 5.48. The zero-order valence-corrected chi connectivity index (χ0v) is 13.4. The quantitative estimate of drug-likeness (QED) is 0.609. The molecule has 1 heterocycles. The highest BCUT2D eigenvalue weighted by molar-refractivity contribution is 7.98. The van der Waals surface area contributed by atoms with Crippen molar-refractivity contribution in [1.82, 2.24) is 15.0 Å². The normalized spacial score (nSPS) is 10.3. The maximum Gasteiger partial charge on any atom is 0.323 e. The largest absolute Gasteiger partial charge is 0.463 e. The number of hydrogen-bond acceptors (Lipinski definition) is 7. The van der Waals surface area contributed by atoms with Crippen LogP contribution in [0.5, 0.6) is 6.01 Å². The summed E-state index contributed by atoms with van der Waals surface area (Å²) in [5, 5.41) is 6.32. The van der Waals surface area contributed by atoms with Crippen LogP contribution in [0.25, 0.3) is 0 Å². The van der Waals surface area contributed by atoms with E-state index in [0.29, 0.717) is 24.5 Å². The number of anilines is 2.